The molecule has 3 heteroatoms. The summed E-state index contributed by atoms with van der Waals surface area (Å²) in [6.07, 6.45) is 0.164. The van der Waals surface area contributed by atoms with Crippen molar-refractivity contribution in [2.24, 2.45) is 0 Å². The van der Waals surface area contributed by atoms with Gasteiger partial charge >= 0.3 is 0 Å². The van der Waals surface area contributed by atoms with Crippen LogP contribution in [0.15, 0.2) is 12.1 Å². The number of rotatable bonds is 3. The molecular weight excluding hydrogens is 219 g/mol. The van der Waals surface area contributed by atoms with Gasteiger partial charge in [0.25, 0.3) is 0 Å². The maximum absolute atomic E-state index is 12.0. The van der Waals surface area contributed by atoms with Crippen molar-refractivity contribution < 1.29 is 9.36 Å². The van der Waals surface area contributed by atoms with Gasteiger partial charge in [0.2, 0.25) is 0 Å². The van der Waals surface area contributed by atoms with Crippen molar-refractivity contribution in [2.45, 2.75) is 20.8 Å². The summed E-state index contributed by atoms with van der Waals surface area (Å²) in [4.78, 5) is 12.0. The average molecular weight is 238 g/mol. The maximum atomic E-state index is 12.0. The van der Waals surface area contributed by atoms with Gasteiger partial charge in [0, 0.05) is 5.56 Å². The molecular formula is C13H19O2P. The Hall–Kier alpha value is -0.880. The zero-order valence-electron chi connectivity index (χ0n) is 10.6. The van der Waals surface area contributed by atoms with Gasteiger partial charge in [0.15, 0.2) is 5.78 Å². The quantitative estimate of drug-likeness (QED) is 0.597. The highest BCUT2D eigenvalue weighted by Gasteiger charge is 2.18. The van der Waals surface area contributed by atoms with E-state index < -0.39 is 7.14 Å². The lowest BCUT2D eigenvalue weighted by Gasteiger charge is -2.12. The van der Waals surface area contributed by atoms with E-state index in [4.69, 9.17) is 0 Å². The third kappa shape index (κ3) is 3.31. The molecule has 0 aromatic heterocycles. The molecule has 0 fully saturated rings. The number of carbonyl (C=O) groups excluding carboxylic acids is 1. The Morgan fingerprint density at radius 1 is 1.12 bits per heavy atom. The summed E-state index contributed by atoms with van der Waals surface area (Å²) in [5.74, 6) is 0.00309. The van der Waals surface area contributed by atoms with Crippen molar-refractivity contribution in [3.63, 3.8) is 0 Å². The van der Waals surface area contributed by atoms with Gasteiger partial charge in [-0.05, 0) is 45.2 Å². The van der Waals surface area contributed by atoms with Crippen molar-refractivity contribution in [1.82, 2.24) is 0 Å². The van der Waals surface area contributed by atoms with Crippen LogP contribution in [0.1, 0.15) is 27.0 Å². The topological polar surface area (TPSA) is 34.1 Å². The van der Waals surface area contributed by atoms with Crippen molar-refractivity contribution in [2.75, 3.05) is 19.5 Å². The molecule has 0 aliphatic carbocycles. The van der Waals surface area contributed by atoms with E-state index in [1.165, 1.54) is 0 Å². The number of hydrogen-bond donors (Lipinski definition) is 0. The standard InChI is InChI=1S/C13H19O2P/c1-9-6-10(2)13(11(3)7-9)12(14)8-16(4,5)15/h6-7H,8H2,1-5H3. The second-order valence-electron chi connectivity index (χ2n) is 4.93. The number of carbonyl (C=O) groups is 1. The number of hydrogen-bond acceptors (Lipinski definition) is 2. The predicted molar refractivity (Wildman–Crippen MR) is 69.3 cm³/mol. The van der Waals surface area contributed by atoms with E-state index in [1.807, 2.05) is 32.9 Å². The Morgan fingerprint density at radius 2 is 1.56 bits per heavy atom. The van der Waals surface area contributed by atoms with Crippen LogP contribution >= 0.6 is 7.14 Å². The number of ketones is 1. The summed E-state index contributed by atoms with van der Waals surface area (Å²) in [6.45, 7) is 9.19. The van der Waals surface area contributed by atoms with E-state index in [0.717, 1.165) is 22.3 Å². The molecule has 0 N–H and O–H groups in total. The van der Waals surface area contributed by atoms with Crippen LogP contribution in [0.2, 0.25) is 0 Å². The van der Waals surface area contributed by atoms with Gasteiger partial charge in [-0.1, -0.05) is 17.7 Å². The molecule has 0 aliphatic rings. The second kappa shape index (κ2) is 4.55. The van der Waals surface area contributed by atoms with Gasteiger partial charge in [-0.15, -0.1) is 0 Å². The molecule has 0 heterocycles. The van der Waals surface area contributed by atoms with Crippen molar-refractivity contribution >= 4 is 12.9 Å². The van der Waals surface area contributed by atoms with Gasteiger partial charge in [0.1, 0.15) is 0 Å². The van der Waals surface area contributed by atoms with E-state index in [0.29, 0.717) is 0 Å². The highest BCUT2D eigenvalue weighted by Crippen LogP contribution is 2.37. The average Bonchev–Trinajstić information content (AvgIpc) is 1.96. The van der Waals surface area contributed by atoms with Crippen LogP contribution in [0, 0.1) is 20.8 Å². The summed E-state index contributed by atoms with van der Waals surface area (Å²) in [7, 11) is -2.29. The normalized spacial score (nSPS) is 11.6. The molecule has 0 bridgehead atoms. The van der Waals surface area contributed by atoms with E-state index in [9.17, 15) is 9.36 Å². The minimum atomic E-state index is -2.29. The van der Waals surface area contributed by atoms with Gasteiger partial charge in [-0.2, -0.15) is 0 Å². The molecule has 16 heavy (non-hydrogen) atoms. The Morgan fingerprint density at radius 3 is 1.94 bits per heavy atom. The molecule has 88 valence electrons. The van der Waals surface area contributed by atoms with E-state index in [2.05, 4.69) is 0 Å². The highest BCUT2D eigenvalue weighted by atomic mass is 31.2. The van der Waals surface area contributed by atoms with Crippen molar-refractivity contribution in [1.29, 1.82) is 0 Å². The summed E-state index contributed by atoms with van der Waals surface area (Å²) >= 11 is 0. The molecule has 1 rings (SSSR count). The van der Waals surface area contributed by atoms with E-state index in [-0.39, 0.29) is 11.9 Å². The summed E-state index contributed by atoms with van der Waals surface area (Å²) in [5.41, 5.74) is 3.86. The lowest BCUT2D eigenvalue weighted by molar-refractivity contribution is 0.101. The zero-order valence-corrected chi connectivity index (χ0v) is 11.5. The third-order valence-electron chi connectivity index (χ3n) is 2.48. The zero-order chi connectivity index (χ0) is 12.5. The van der Waals surface area contributed by atoms with Crippen LogP contribution in [-0.2, 0) is 4.57 Å². The van der Waals surface area contributed by atoms with E-state index >= 15 is 0 Å². The van der Waals surface area contributed by atoms with Crippen molar-refractivity contribution in [3.05, 3.63) is 34.4 Å². The first-order valence-electron chi connectivity index (χ1n) is 5.36. The van der Waals surface area contributed by atoms with Gasteiger partial charge in [0.05, 0.1) is 13.3 Å². The largest absolute Gasteiger partial charge is 0.324 e. The Labute approximate surface area is 97.4 Å². The van der Waals surface area contributed by atoms with E-state index in [1.54, 1.807) is 13.3 Å². The predicted octanol–water partition coefficient (Wildman–Crippen LogP) is 3.42. The van der Waals surface area contributed by atoms with Crippen LogP contribution in [0.4, 0.5) is 0 Å². The van der Waals surface area contributed by atoms with Crippen LogP contribution in [-0.4, -0.2) is 25.3 Å². The molecule has 0 aliphatic heterocycles. The lowest BCUT2D eigenvalue weighted by atomic mass is 9.97. The Kier molecular flexibility index (Phi) is 3.75. The number of Topliss-reactive ketones (excluding diaryl/α,β-unsaturated/α-hetero) is 1. The van der Waals surface area contributed by atoms with Gasteiger partial charge in [-0.3, -0.25) is 4.79 Å². The summed E-state index contributed by atoms with van der Waals surface area (Å²) < 4.78 is 11.7. The van der Waals surface area contributed by atoms with Crippen LogP contribution < -0.4 is 0 Å². The monoisotopic (exact) mass is 238 g/mol. The smallest absolute Gasteiger partial charge is 0.170 e. The number of aryl methyl sites for hydroxylation is 3. The molecule has 0 amide bonds. The SMILES string of the molecule is Cc1cc(C)c(C(=O)CP(C)(C)=O)c(C)c1. The van der Waals surface area contributed by atoms with Crippen LogP contribution in [0.3, 0.4) is 0 Å². The fraction of sp³-hybridized carbons (Fsp3) is 0.462. The van der Waals surface area contributed by atoms with Crippen LogP contribution in [0.5, 0.6) is 0 Å². The number of benzene rings is 1. The molecule has 0 spiro atoms. The summed E-state index contributed by atoms with van der Waals surface area (Å²) in [5, 5.41) is 0. The summed E-state index contributed by atoms with van der Waals surface area (Å²) in [6, 6.07) is 3.99. The Bertz CT molecular complexity index is 446. The highest BCUT2D eigenvalue weighted by molar-refractivity contribution is 7.63. The van der Waals surface area contributed by atoms with Crippen molar-refractivity contribution in [3.8, 4) is 0 Å². The molecule has 0 atom stereocenters. The second-order valence-corrected chi connectivity index (χ2v) is 8.39. The maximum Gasteiger partial charge on any atom is 0.170 e. The molecule has 2 nitrogen and oxygen atoms in total. The first-order valence-corrected chi connectivity index (χ1v) is 8.14. The molecule has 1 aromatic rings. The minimum Gasteiger partial charge on any atom is -0.324 e. The molecule has 1 aromatic carbocycles. The molecule has 0 radical (unpaired) electrons. The molecule has 0 saturated heterocycles. The third-order valence-corrected chi connectivity index (χ3v) is 3.53. The fourth-order valence-electron chi connectivity index (χ4n) is 2.04. The molecule has 0 unspecified atom stereocenters. The van der Waals surface area contributed by atoms with Gasteiger partial charge in [-0.25, -0.2) is 0 Å². The Balaban J connectivity index is 3.14. The van der Waals surface area contributed by atoms with Gasteiger partial charge < -0.3 is 4.57 Å². The first kappa shape index (κ1) is 13.2. The minimum absolute atomic E-state index is 0.00309. The molecule has 0 saturated carbocycles. The van der Waals surface area contributed by atoms with Crippen LogP contribution in [0.25, 0.3) is 0 Å². The fourth-order valence-corrected chi connectivity index (χ4v) is 2.89. The first-order chi connectivity index (χ1) is 7.20. The lowest BCUT2D eigenvalue weighted by Crippen LogP contribution is -2.09.